The molecule has 80 valence electrons. The summed E-state index contributed by atoms with van der Waals surface area (Å²) < 4.78 is 8.92. The molecule has 0 unspecified atom stereocenters. The predicted molar refractivity (Wildman–Crippen MR) is 52.0 cm³/mol. The van der Waals surface area contributed by atoms with Gasteiger partial charge in [-0.05, 0) is 6.42 Å². The highest BCUT2D eigenvalue weighted by molar-refractivity contribution is 6.18. The fraction of sp³-hybridized carbons (Fsp3) is 0.556. The third kappa shape index (κ3) is 3.38. The number of halogens is 1. The van der Waals surface area contributed by atoms with Crippen LogP contribution in [0.1, 0.15) is 6.42 Å². The predicted octanol–water partition coefficient (Wildman–Crippen LogP) is 1.13. The number of esters is 2. The quantitative estimate of drug-likeness (QED) is 0.302. The van der Waals surface area contributed by atoms with E-state index >= 15 is 0 Å². The Kier molecular flexibility index (Phi) is 5.95. The first-order valence-corrected chi connectivity index (χ1v) is 4.51. The molecule has 0 fully saturated rings. The van der Waals surface area contributed by atoms with E-state index in [2.05, 4.69) is 16.1 Å². The largest absolute Gasteiger partial charge is 0.468 e. The van der Waals surface area contributed by atoms with Crippen LogP contribution in [0.2, 0.25) is 0 Å². The highest BCUT2D eigenvalue weighted by atomic mass is 35.5. The first-order valence-electron chi connectivity index (χ1n) is 3.97. The molecule has 0 heterocycles. The van der Waals surface area contributed by atoms with Gasteiger partial charge in [-0.15, -0.1) is 11.6 Å². The summed E-state index contributed by atoms with van der Waals surface area (Å²) in [6.45, 7) is 3.60. The SMILES string of the molecule is C=C(CCCl)C(C(=O)OC)C(=O)OC. The van der Waals surface area contributed by atoms with Crippen LogP contribution in [0.4, 0.5) is 0 Å². The summed E-state index contributed by atoms with van der Waals surface area (Å²) in [6, 6.07) is 0. The van der Waals surface area contributed by atoms with Gasteiger partial charge in [0.05, 0.1) is 14.2 Å². The van der Waals surface area contributed by atoms with Gasteiger partial charge in [-0.25, -0.2) is 0 Å². The fourth-order valence-electron chi connectivity index (χ4n) is 0.931. The molecule has 0 aliphatic rings. The van der Waals surface area contributed by atoms with Gasteiger partial charge in [0.1, 0.15) is 0 Å². The van der Waals surface area contributed by atoms with Gasteiger partial charge >= 0.3 is 11.9 Å². The summed E-state index contributed by atoms with van der Waals surface area (Å²) in [5, 5.41) is 0. The van der Waals surface area contributed by atoms with E-state index in [-0.39, 0.29) is 0 Å². The number of carbonyl (C=O) groups excluding carboxylic acids is 2. The maximum absolute atomic E-state index is 11.2. The molecule has 0 rings (SSSR count). The van der Waals surface area contributed by atoms with Crippen molar-refractivity contribution in [2.45, 2.75) is 6.42 Å². The van der Waals surface area contributed by atoms with Gasteiger partial charge in [0.15, 0.2) is 5.92 Å². The molecule has 0 spiro atoms. The molecular weight excluding hydrogens is 208 g/mol. The zero-order valence-electron chi connectivity index (χ0n) is 8.21. The highest BCUT2D eigenvalue weighted by Gasteiger charge is 2.30. The van der Waals surface area contributed by atoms with Crippen molar-refractivity contribution < 1.29 is 19.1 Å². The van der Waals surface area contributed by atoms with Crippen LogP contribution in [-0.4, -0.2) is 32.0 Å². The Bertz CT molecular complexity index is 221. The van der Waals surface area contributed by atoms with E-state index in [4.69, 9.17) is 11.6 Å². The van der Waals surface area contributed by atoms with E-state index < -0.39 is 17.9 Å². The molecule has 0 saturated heterocycles. The van der Waals surface area contributed by atoms with Crippen molar-refractivity contribution in [3.05, 3.63) is 12.2 Å². The van der Waals surface area contributed by atoms with Gasteiger partial charge in [-0.3, -0.25) is 9.59 Å². The van der Waals surface area contributed by atoms with Crippen molar-refractivity contribution in [2.75, 3.05) is 20.1 Å². The van der Waals surface area contributed by atoms with Crippen molar-refractivity contribution in [1.29, 1.82) is 0 Å². The van der Waals surface area contributed by atoms with E-state index in [0.717, 1.165) is 0 Å². The smallest absolute Gasteiger partial charge is 0.324 e. The van der Waals surface area contributed by atoms with Gasteiger partial charge in [-0.1, -0.05) is 12.2 Å². The molecule has 0 aromatic carbocycles. The molecule has 0 N–H and O–H groups in total. The van der Waals surface area contributed by atoms with E-state index in [0.29, 0.717) is 17.9 Å². The van der Waals surface area contributed by atoms with E-state index in [1.54, 1.807) is 0 Å². The normalized spacial score (nSPS) is 9.71. The molecular formula is C9H13ClO4. The third-order valence-corrected chi connectivity index (χ3v) is 1.89. The van der Waals surface area contributed by atoms with Crippen LogP contribution in [0, 0.1) is 5.92 Å². The van der Waals surface area contributed by atoms with Crippen LogP contribution in [0.15, 0.2) is 12.2 Å². The standard InChI is InChI=1S/C9H13ClO4/c1-6(4-5-10)7(8(11)13-2)9(12)14-3/h7H,1,4-5H2,2-3H3. The zero-order chi connectivity index (χ0) is 11.1. The topological polar surface area (TPSA) is 52.6 Å². The average Bonchev–Trinajstić information content (AvgIpc) is 2.17. The minimum atomic E-state index is -1.07. The Hall–Kier alpha value is -1.03. The second-order valence-corrected chi connectivity index (χ2v) is 2.95. The Balaban J connectivity index is 4.63. The fourth-order valence-corrected chi connectivity index (χ4v) is 1.17. The van der Waals surface area contributed by atoms with Crippen LogP contribution < -0.4 is 0 Å². The average molecular weight is 221 g/mol. The Labute approximate surface area is 87.8 Å². The molecule has 0 aromatic heterocycles. The summed E-state index contributed by atoms with van der Waals surface area (Å²) >= 11 is 5.47. The lowest BCUT2D eigenvalue weighted by Gasteiger charge is -2.13. The summed E-state index contributed by atoms with van der Waals surface area (Å²) in [6.07, 6.45) is 0.371. The summed E-state index contributed by atoms with van der Waals surface area (Å²) in [5.74, 6) is -2.12. The van der Waals surface area contributed by atoms with Crippen LogP contribution in [0.5, 0.6) is 0 Å². The van der Waals surface area contributed by atoms with Crippen LogP contribution in [-0.2, 0) is 19.1 Å². The number of hydrogen-bond donors (Lipinski definition) is 0. The van der Waals surface area contributed by atoms with E-state index in [9.17, 15) is 9.59 Å². The van der Waals surface area contributed by atoms with E-state index in [1.165, 1.54) is 14.2 Å². The third-order valence-electron chi connectivity index (χ3n) is 1.70. The molecule has 0 aliphatic heterocycles. The van der Waals surface area contributed by atoms with Gasteiger partial charge in [0.2, 0.25) is 0 Å². The number of hydrogen-bond acceptors (Lipinski definition) is 4. The summed E-state index contributed by atoms with van der Waals surface area (Å²) in [4.78, 5) is 22.4. The van der Waals surface area contributed by atoms with Crippen LogP contribution >= 0.6 is 11.6 Å². The van der Waals surface area contributed by atoms with Gasteiger partial charge in [0, 0.05) is 5.88 Å². The lowest BCUT2D eigenvalue weighted by Crippen LogP contribution is -2.28. The first kappa shape index (κ1) is 13.0. The lowest BCUT2D eigenvalue weighted by atomic mass is 9.99. The van der Waals surface area contributed by atoms with Crippen LogP contribution in [0.3, 0.4) is 0 Å². The van der Waals surface area contributed by atoms with E-state index in [1.807, 2.05) is 0 Å². The lowest BCUT2D eigenvalue weighted by molar-refractivity contribution is -0.156. The molecule has 4 nitrogen and oxygen atoms in total. The van der Waals surface area contributed by atoms with Crippen molar-refractivity contribution in [2.24, 2.45) is 5.92 Å². The van der Waals surface area contributed by atoms with Gasteiger partial charge < -0.3 is 9.47 Å². The molecule has 0 aliphatic carbocycles. The summed E-state index contributed by atoms with van der Waals surface area (Å²) in [7, 11) is 2.40. The molecule has 0 radical (unpaired) electrons. The molecule has 0 saturated carbocycles. The maximum atomic E-state index is 11.2. The Morgan fingerprint density at radius 1 is 1.29 bits per heavy atom. The second kappa shape index (κ2) is 6.43. The Morgan fingerprint density at radius 2 is 1.71 bits per heavy atom. The Morgan fingerprint density at radius 3 is 2.00 bits per heavy atom. The second-order valence-electron chi connectivity index (χ2n) is 2.58. The molecule has 0 bridgehead atoms. The van der Waals surface area contributed by atoms with Gasteiger partial charge in [0.25, 0.3) is 0 Å². The number of ether oxygens (including phenoxy) is 2. The van der Waals surface area contributed by atoms with Crippen molar-refractivity contribution in [3.63, 3.8) is 0 Å². The molecule has 0 atom stereocenters. The zero-order valence-corrected chi connectivity index (χ0v) is 8.97. The van der Waals surface area contributed by atoms with Crippen molar-refractivity contribution >= 4 is 23.5 Å². The first-order chi connectivity index (χ1) is 6.58. The number of methoxy groups -OCH3 is 2. The monoisotopic (exact) mass is 220 g/mol. The van der Waals surface area contributed by atoms with Gasteiger partial charge in [-0.2, -0.15) is 0 Å². The molecule has 0 amide bonds. The minimum absolute atomic E-state index is 0.295. The minimum Gasteiger partial charge on any atom is -0.468 e. The van der Waals surface area contributed by atoms with Crippen molar-refractivity contribution in [1.82, 2.24) is 0 Å². The molecule has 0 aromatic rings. The highest BCUT2D eigenvalue weighted by Crippen LogP contribution is 2.16. The van der Waals surface area contributed by atoms with Crippen molar-refractivity contribution in [3.8, 4) is 0 Å². The van der Waals surface area contributed by atoms with Crippen LogP contribution in [0.25, 0.3) is 0 Å². The maximum Gasteiger partial charge on any atom is 0.324 e. The molecule has 5 heteroatoms. The number of alkyl halides is 1. The summed E-state index contributed by atoms with van der Waals surface area (Å²) in [5.41, 5.74) is 0.402. The molecule has 14 heavy (non-hydrogen) atoms. The number of rotatable bonds is 5. The number of carbonyl (C=O) groups is 2.